The highest BCUT2D eigenvalue weighted by atomic mass is 28.3. The van der Waals surface area contributed by atoms with Gasteiger partial charge in [0.15, 0.2) is 8.07 Å². The van der Waals surface area contributed by atoms with E-state index < -0.39 is 14.2 Å². The molecule has 144 valence electrons. The minimum atomic E-state index is -2.39. The minimum Gasteiger partial charge on any atom is -0.393 e. The van der Waals surface area contributed by atoms with E-state index >= 15 is 0 Å². The Bertz CT molecular complexity index is 905. The van der Waals surface area contributed by atoms with Crippen LogP contribution in [0.15, 0.2) is 121 Å². The molecule has 1 N–H and O–H groups in total. The van der Waals surface area contributed by atoms with Crippen molar-refractivity contribution in [3.63, 3.8) is 0 Å². The van der Waals surface area contributed by atoms with Gasteiger partial charge in [-0.2, -0.15) is 0 Å². The van der Waals surface area contributed by atoms with E-state index in [0.29, 0.717) is 6.42 Å². The summed E-state index contributed by atoms with van der Waals surface area (Å²) in [6.07, 6.45) is 0.256. The van der Waals surface area contributed by atoms with Crippen LogP contribution in [-0.4, -0.2) is 19.3 Å². The lowest BCUT2D eigenvalue weighted by Gasteiger charge is -2.35. The first-order valence-electron chi connectivity index (χ1n) is 10.2. The average Bonchev–Trinajstić information content (AvgIpc) is 2.80. The van der Waals surface area contributed by atoms with Gasteiger partial charge in [-0.05, 0) is 33.6 Å². The van der Waals surface area contributed by atoms with E-state index in [9.17, 15) is 5.11 Å². The SMILES string of the molecule is O[C@H](Cc1ccccc1)C[Si](c1ccccc1)(c1ccccc1)c1ccccc1. The third-order valence-corrected chi connectivity index (χ3v) is 10.7. The lowest BCUT2D eigenvalue weighted by atomic mass is 10.1. The second-order valence-corrected chi connectivity index (χ2v) is 11.5. The number of hydrogen-bond donors (Lipinski definition) is 1. The van der Waals surface area contributed by atoms with Crippen LogP contribution in [0.4, 0.5) is 0 Å². The third-order valence-electron chi connectivity index (χ3n) is 5.66. The molecule has 0 aliphatic heterocycles. The summed E-state index contributed by atoms with van der Waals surface area (Å²) < 4.78 is 0. The maximum absolute atomic E-state index is 11.3. The lowest BCUT2D eigenvalue weighted by molar-refractivity contribution is 0.194. The van der Waals surface area contributed by atoms with Crippen LogP contribution in [0.1, 0.15) is 5.56 Å². The summed E-state index contributed by atoms with van der Waals surface area (Å²) in [4.78, 5) is 0. The zero-order chi connectivity index (χ0) is 19.9. The van der Waals surface area contributed by atoms with Gasteiger partial charge in [-0.1, -0.05) is 121 Å². The number of rotatable bonds is 7. The molecule has 0 heterocycles. The molecule has 0 aliphatic rings. The summed E-state index contributed by atoms with van der Waals surface area (Å²) in [5.74, 6) is 0. The van der Waals surface area contributed by atoms with Crippen LogP contribution in [0, 0.1) is 0 Å². The molecule has 29 heavy (non-hydrogen) atoms. The fourth-order valence-corrected chi connectivity index (χ4v) is 9.18. The van der Waals surface area contributed by atoms with Crippen LogP contribution >= 0.6 is 0 Å². The Balaban J connectivity index is 1.83. The Morgan fingerprint density at radius 1 is 0.517 bits per heavy atom. The summed E-state index contributed by atoms with van der Waals surface area (Å²) in [6, 6.07) is 43.4. The molecule has 0 fully saturated rings. The molecule has 0 aliphatic carbocycles. The molecule has 0 unspecified atom stereocenters. The van der Waals surface area contributed by atoms with Crippen LogP contribution in [0.5, 0.6) is 0 Å². The quantitative estimate of drug-likeness (QED) is 0.374. The van der Waals surface area contributed by atoms with E-state index in [1.165, 1.54) is 21.1 Å². The van der Waals surface area contributed by atoms with Gasteiger partial charge in [-0.3, -0.25) is 0 Å². The third kappa shape index (κ3) is 4.24. The van der Waals surface area contributed by atoms with Crippen molar-refractivity contribution in [2.45, 2.75) is 18.6 Å². The topological polar surface area (TPSA) is 20.2 Å². The van der Waals surface area contributed by atoms with E-state index in [1.54, 1.807) is 0 Å². The number of hydrogen-bond acceptors (Lipinski definition) is 1. The largest absolute Gasteiger partial charge is 0.393 e. The highest BCUT2D eigenvalue weighted by Gasteiger charge is 2.40. The second-order valence-electron chi connectivity index (χ2n) is 7.55. The van der Waals surface area contributed by atoms with E-state index in [4.69, 9.17) is 0 Å². The Hall–Kier alpha value is -2.94. The molecule has 1 atom stereocenters. The van der Waals surface area contributed by atoms with Crippen LogP contribution in [-0.2, 0) is 6.42 Å². The van der Waals surface area contributed by atoms with Crippen molar-refractivity contribution < 1.29 is 5.11 Å². The number of aliphatic hydroxyl groups is 1. The predicted molar refractivity (Wildman–Crippen MR) is 125 cm³/mol. The van der Waals surface area contributed by atoms with Crippen LogP contribution in [0.3, 0.4) is 0 Å². The molecule has 4 aromatic carbocycles. The predicted octanol–water partition coefficient (Wildman–Crippen LogP) is 3.76. The zero-order valence-electron chi connectivity index (χ0n) is 16.5. The van der Waals surface area contributed by atoms with Crippen LogP contribution < -0.4 is 15.6 Å². The van der Waals surface area contributed by atoms with Gasteiger partial charge in [0.2, 0.25) is 0 Å². The van der Waals surface area contributed by atoms with Gasteiger partial charge < -0.3 is 5.11 Å². The Labute approximate surface area is 174 Å². The van der Waals surface area contributed by atoms with Crippen molar-refractivity contribution in [1.82, 2.24) is 0 Å². The normalized spacial score (nSPS) is 12.4. The molecule has 0 radical (unpaired) electrons. The molecule has 1 nitrogen and oxygen atoms in total. The van der Waals surface area contributed by atoms with E-state index in [0.717, 1.165) is 6.04 Å². The molecule has 0 aromatic heterocycles. The van der Waals surface area contributed by atoms with Crippen molar-refractivity contribution >= 4 is 23.6 Å². The van der Waals surface area contributed by atoms with Crippen molar-refractivity contribution in [3.8, 4) is 0 Å². The Kier molecular flexibility index (Phi) is 6.04. The zero-order valence-corrected chi connectivity index (χ0v) is 17.5. The van der Waals surface area contributed by atoms with E-state index in [-0.39, 0.29) is 0 Å². The molecule has 0 spiro atoms. The summed E-state index contributed by atoms with van der Waals surface area (Å²) >= 11 is 0. The van der Waals surface area contributed by atoms with Crippen molar-refractivity contribution in [2.24, 2.45) is 0 Å². The first-order chi connectivity index (χ1) is 14.3. The van der Waals surface area contributed by atoms with Gasteiger partial charge in [-0.15, -0.1) is 0 Å². The molecule has 0 bridgehead atoms. The maximum atomic E-state index is 11.3. The highest BCUT2D eigenvalue weighted by Crippen LogP contribution is 2.18. The van der Waals surface area contributed by atoms with Crippen molar-refractivity contribution in [1.29, 1.82) is 0 Å². The van der Waals surface area contributed by atoms with E-state index in [1.807, 2.05) is 18.2 Å². The van der Waals surface area contributed by atoms with Gasteiger partial charge in [0.25, 0.3) is 0 Å². The van der Waals surface area contributed by atoms with Gasteiger partial charge in [0.05, 0.1) is 6.10 Å². The first kappa shape index (κ1) is 19.4. The van der Waals surface area contributed by atoms with Gasteiger partial charge in [0, 0.05) is 0 Å². The molecule has 0 amide bonds. The number of benzene rings is 4. The number of aliphatic hydroxyl groups excluding tert-OH is 1. The summed E-state index contributed by atoms with van der Waals surface area (Å²) in [5.41, 5.74) is 1.18. The van der Waals surface area contributed by atoms with Crippen LogP contribution in [0.2, 0.25) is 6.04 Å². The van der Waals surface area contributed by atoms with Crippen LogP contribution in [0.25, 0.3) is 0 Å². The Morgan fingerprint density at radius 3 is 1.24 bits per heavy atom. The molecule has 4 rings (SSSR count). The van der Waals surface area contributed by atoms with Gasteiger partial charge in [-0.25, -0.2) is 0 Å². The molecule has 4 aromatic rings. The van der Waals surface area contributed by atoms with Crippen molar-refractivity contribution in [2.75, 3.05) is 0 Å². The minimum absolute atomic E-state index is 0.412. The smallest absolute Gasteiger partial charge is 0.150 e. The standard InChI is InChI=1S/C27H26OSi/c28-24(21-23-13-5-1-6-14-23)22-29(25-15-7-2-8-16-25,26-17-9-3-10-18-26)27-19-11-4-12-20-27/h1-20,24,28H,21-22H2/t24-/m1/s1. The molecular formula is C27H26OSi. The molecule has 0 saturated heterocycles. The highest BCUT2D eigenvalue weighted by molar-refractivity contribution is 7.11. The molecule has 2 heteroatoms. The molecular weight excluding hydrogens is 368 g/mol. The first-order valence-corrected chi connectivity index (χ1v) is 12.4. The Morgan fingerprint density at radius 2 is 0.862 bits per heavy atom. The maximum Gasteiger partial charge on any atom is 0.150 e. The van der Waals surface area contributed by atoms with E-state index in [2.05, 4.69) is 103 Å². The van der Waals surface area contributed by atoms with Gasteiger partial charge >= 0.3 is 0 Å². The monoisotopic (exact) mass is 394 g/mol. The summed E-state index contributed by atoms with van der Waals surface area (Å²) in [5, 5.41) is 15.3. The second kappa shape index (κ2) is 9.04. The van der Waals surface area contributed by atoms with Crippen molar-refractivity contribution in [3.05, 3.63) is 127 Å². The molecule has 0 saturated carbocycles. The summed E-state index contributed by atoms with van der Waals surface area (Å²) in [6.45, 7) is 0. The van der Waals surface area contributed by atoms with Gasteiger partial charge in [0.1, 0.15) is 0 Å². The fourth-order valence-electron chi connectivity index (χ4n) is 4.33. The fraction of sp³-hybridized carbons (Fsp3) is 0.111. The summed E-state index contributed by atoms with van der Waals surface area (Å²) in [7, 11) is -2.39. The average molecular weight is 395 g/mol. The lowest BCUT2D eigenvalue weighted by Crippen LogP contribution is -2.68.